The van der Waals surface area contributed by atoms with Crippen molar-refractivity contribution in [1.82, 2.24) is 15.3 Å². The van der Waals surface area contributed by atoms with Crippen molar-refractivity contribution < 1.29 is 13.9 Å². The fourth-order valence-corrected chi connectivity index (χ4v) is 4.10. The molecule has 0 spiro atoms. The Kier molecular flexibility index (Phi) is 6.71. The third-order valence-corrected chi connectivity index (χ3v) is 6.01. The molecule has 0 aliphatic carbocycles. The van der Waals surface area contributed by atoms with Crippen LogP contribution < -0.4 is 20.1 Å². The minimum atomic E-state index is 0.111. The largest absolute Gasteiger partial charge is 0.618 e. The summed E-state index contributed by atoms with van der Waals surface area (Å²) in [7, 11) is 1.88. The molecule has 2 aromatic carbocycles. The van der Waals surface area contributed by atoms with Gasteiger partial charge >= 0.3 is 0 Å². The highest BCUT2D eigenvalue weighted by Crippen LogP contribution is 2.32. The molecule has 0 amide bonds. The van der Waals surface area contributed by atoms with Crippen molar-refractivity contribution in [2.45, 2.75) is 20.1 Å². The second-order valence-corrected chi connectivity index (χ2v) is 8.67. The fraction of sp³-hybridized carbons (Fsp3) is 0.148. The molecule has 3 aromatic heterocycles. The molecule has 0 saturated heterocycles. The molecular weight excluding hydrogens is 478 g/mol. The van der Waals surface area contributed by atoms with Gasteiger partial charge in [-0.25, -0.2) is 9.97 Å². The van der Waals surface area contributed by atoms with Gasteiger partial charge in [0.25, 0.3) is 0 Å². The SMILES string of the molecule is CNCc1ccc(-c2ccc3ncnc(Nc4ccc(OCc5cccc(C)[n+]5[O-])c(Cl)c4)c3c2)o1. The van der Waals surface area contributed by atoms with Crippen molar-refractivity contribution in [1.29, 1.82) is 0 Å². The van der Waals surface area contributed by atoms with Crippen LogP contribution in [0.15, 0.2) is 77.5 Å². The summed E-state index contributed by atoms with van der Waals surface area (Å²) in [5.74, 6) is 2.75. The molecule has 5 aromatic rings. The number of hydrogen-bond acceptors (Lipinski definition) is 7. The van der Waals surface area contributed by atoms with E-state index in [0.29, 0.717) is 34.5 Å². The summed E-state index contributed by atoms with van der Waals surface area (Å²) in [5, 5.41) is 19.8. The van der Waals surface area contributed by atoms with Crippen LogP contribution in [0, 0.1) is 12.1 Å². The predicted molar refractivity (Wildman–Crippen MR) is 139 cm³/mol. The molecule has 0 saturated carbocycles. The average Bonchev–Trinajstić information content (AvgIpc) is 3.35. The maximum Gasteiger partial charge on any atom is 0.230 e. The molecule has 5 rings (SSSR count). The van der Waals surface area contributed by atoms with Gasteiger partial charge in [0.2, 0.25) is 5.69 Å². The number of furan rings is 1. The molecule has 0 fully saturated rings. The predicted octanol–water partition coefficient (Wildman–Crippen LogP) is 5.53. The van der Waals surface area contributed by atoms with E-state index in [1.807, 2.05) is 49.5 Å². The number of aromatic nitrogens is 3. The minimum absolute atomic E-state index is 0.111. The first-order valence-electron chi connectivity index (χ1n) is 11.4. The van der Waals surface area contributed by atoms with E-state index in [2.05, 4.69) is 20.6 Å². The van der Waals surface area contributed by atoms with E-state index in [9.17, 15) is 5.21 Å². The number of ether oxygens (including phenoxy) is 1. The lowest BCUT2D eigenvalue weighted by atomic mass is 10.1. The Morgan fingerprint density at radius 1 is 1.06 bits per heavy atom. The highest BCUT2D eigenvalue weighted by molar-refractivity contribution is 6.32. The maximum atomic E-state index is 12.2. The lowest BCUT2D eigenvalue weighted by molar-refractivity contribution is -0.622. The second kappa shape index (κ2) is 10.2. The van der Waals surface area contributed by atoms with Gasteiger partial charge in [0, 0.05) is 35.7 Å². The van der Waals surface area contributed by atoms with Gasteiger partial charge in [0.15, 0.2) is 12.3 Å². The van der Waals surface area contributed by atoms with Crippen molar-refractivity contribution in [3.8, 4) is 17.1 Å². The summed E-state index contributed by atoms with van der Waals surface area (Å²) in [6, 6.07) is 20.5. The van der Waals surface area contributed by atoms with Gasteiger partial charge in [-0.3, -0.25) is 0 Å². The zero-order valence-electron chi connectivity index (χ0n) is 19.8. The van der Waals surface area contributed by atoms with Crippen LogP contribution in [0.2, 0.25) is 5.02 Å². The van der Waals surface area contributed by atoms with Crippen LogP contribution in [0.3, 0.4) is 0 Å². The zero-order valence-corrected chi connectivity index (χ0v) is 20.5. The normalized spacial score (nSPS) is 11.1. The standard InChI is InChI=1S/C27H24ClN5O3/c1-17-4-3-5-20(33(17)34)15-35-26-10-7-19(13-23(26)28)32-27-22-12-18(6-9-24(22)30-16-31-27)25-11-8-21(36-25)14-29-2/h3-13,16,29H,14-15H2,1-2H3,(H,30,31,32). The van der Waals surface area contributed by atoms with E-state index in [4.69, 9.17) is 20.8 Å². The van der Waals surface area contributed by atoms with Gasteiger partial charge in [-0.05, 0) is 61.6 Å². The van der Waals surface area contributed by atoms with Gasteiger partial charge in [0.05, 0.1) is 17.1 Å². The van der Waals surface area contributed by atoms with E-state index in [1.165, 1.54) is 6.33 Å². The van der Waals surface area contributed by atoms with E-state index >= 15 is 0 Å². The van der Waals surface area contributed by atoms with Crippen molar-refractivity contribution in [2.24, 2.45) is 0 Å². The fourth-order valence-electron chi connectivity index (χ4n) is 3.86. The van der Waals surface area contributed by atoms with Crippen molar-refractivity contribution in [3.63, 3.8) is 0 Å². The third-order valence-electron chi connectivity index (χ3n) is 5.71. The van der Waals surface area contributed by atoms with Crippen LogP contribution in [0.4, 0.5) is 11.5 Å². The smallest absolute Gasteiger partial charge is 0.230 e. The van der Waals surface area contributed by atoms with E-state index in [-0.39, 0.29) is 6.61 Å². The first kappa shape index (κ1) is 23.6. The van der Waals surface area contributed by atoms with Crippen molar-refractivity contribution in [2.75, 3.05) is 12.4 Å². The third kappa shape index (κ3) is 4.95. The number of hydrogen-bond donors (Lipinski definition) is 2. The maximum absolute atomic E-state index is 12.2. The molecule has 0 atom stereocenters. The summed E-state index contributed by atoms with van der Waals surface area (Å²) < 4.78 is 12.6. The number of pyridine rings is 1. The van der Waals surface area contributed by atoms with Crippen LogP contribution in [0.5, 0.6) is 5.75 Å². The Hall–Kier alpha value is -4.14. The average molecular weight is 502 g/mol. The Morgan fingerprint density at radius 3 is 2.78 bits per heavy atom. The summed E-state index contributed by atoms with van der Waals surface area (Å²) in [6.07, 6.45) is 1.52. The van der Waals surface area contributed by atoms with Gasteiger partial charge in [-0.2, -0.15) is 4.73 Å². The van der Waals surface area contributed by atoms with Crippen LogP contribution in [0.25, 0.3) is 22.2 Å². The lowest BCUT2D eigenvalue weighted by Gasteiger charge is -2.12. The molecule has 0 aliphatic heterocycles. The molecule has 36 heavy (non-hydrogen) atoms. The number of nitrogens with zero attached hydrogens (tertiary/aromatic N) is 3. The summed E-state index contributed by atoms with van der Waals surface area (Å²) in [6.45, 7) is 2.52. The minimum Gasteiger partial charge on any atom is -0.618 e. The van der Waals surface area contributed by atoms with Crippen LogP contribution >= 0.6 is 11.6 Å². The van der Waals surface area contributed by atoms with Crippen LogP contribution in [0.1, 0.15) is 17.1 Å². The second-order valence-electron chi connectivity index (χ2n) is 8.26. The number of halogens is 1. The monoisotopic (exact) mass is 501 g/mol. The first-order valence-corrected chi connectivity index (χ1v) is 11.8. The van der Waals surface area contributed by atoms with Gasteiger partial charge in [0.1, 0.15) is 29.4 Å². The number of benzene rings is 2. The lowest BCUT2D eigenvalue weighted by Crippen LogP contribution is -2.35. The molecule has 8 nitrogen and oxygen atoms in total. The topological polar surface area (TPSA) is 99.2 Å². The Balaban J connectivity index is 1.37. The van der Waals surface area contributed by atoms with Crippen LogP contribution in [-0.2, 0) is 13.2 Å². The summed E-state index contributed by atoms with van der Waals surface area (Å²) >= 11 is 6.48. The number of anilines is 2. The molecule has 0 aliphatic rings. The molecular formula is C27H24ClN5O3. The van der Waals surface area contributed by atoms with Crippen molar-refractivity contribution >= 4 is 34.0 Å². The molecule has 9 heteroatoms. The molecule has 2 N–H and O–H groups in total. The number of nitrogens with one attached hydrogen (secondary N) is 2. The van der Waals surface area contributed by atoms with Crippen LogP contribution in [-0.4, -0.2) is 17.0 Å². The van der Waals surface area contributed by atoms with Crippen molar-refractivity contribution in [3.05, 3.63) is 100 Å². The van der Waals surface area contributed by atoms with E-state index in [0.717, 1.165) is 38.4 Å². The van der Waals surface area contributed by atoms with Gasteiger partial charge in [-0.15, -0.1) is 0 Å². The molecule has 0 unspecified atom stereocenters. The molecule has 0 radical (unpaired) electrons. The zero-order chi connectivity index (χ0) is 25.1. The molecule has 3 heterocycles. The number of aryl methyl sites for hydroxylation is 1. The summed E-state index contributed by atoms with van der Waals surface area (Å²) in [4.78, 5) is 8.83. The van der Waals surface area contributed by atoms with E-state index in [1.54, 1.807) is 31.2 Å². The van der Waals surface area contributed by atoms with Gasteiger partial charge < -0.3 is 25.0 Å². The Bertz CT molecular complexity index is 1540. The summed E-state index contributed by atoms with van der Waals surface area (Å²) in [5.41, 5.74) is 3.57. The molecule has 0 bridgehead atoms. The first-order chi connectivity index (χ1) is 17.5. The highest BCUT2D eigenvalue weighted by Gasteiger charge is 2.12. The van der Waals surface area contributed by atoms with E-state index < -0.39 is 0 Å². The Labute approximate surface area is 213 Å². The highest BCUT2D eigenvalue weighted by atomic mass is 35.5. The molecule has 182 valence electrons. The number of rotatable bonds is 8. The van der Waals surface area contributed by atoms with Gasteiger partial charge in [-0.1, -0.05) is 11.6 Å². The quantitative estimate of drug-likeness (QED) is 0.213. The number of fused-ring (bicyclic) bond motifs is 1. The Morgan fingerprint density at radius 2 is 1.94 bits per heavy atom.